The molecule has 0 N–H and O–H groups in total. The van der Waals surface area contributed by atoms with Gasteiger partial charge in [-0.2, -0.15) is 4.98 Å². The molecule has 2 aromatic heterocycles. The molecule has 0 fully saturated rings. The van der Waals surface area contributed by atoms with Gasteiger partial charge in [-0.05, 0) is 11.6 Å². The largest absolute Gasteiger partial charge is 0.466 e. The molecule has 0 bridgehead atoms. The average Bonchev–Trinajstić information content (AvgIpc) is 2.76. The molecule has 0 unspecified atom stereocenters. The average molecular weight is 285 g/mol. The smallest absolute Gasteiger partial charge is 0.302 e. The van der Waals surface area contributed by atoms with Crippen LogP contribution in [0.3, 0.4) is 0 Å². The number of fused-ring (bicyclic) bond motifs is 1. The van der Waals surface area contributed by atoms with Crippen LogP contribution in [0.25, 0.3) is 11.2 Å². The van der Waals surface area contributed by atoms with Crippen molar-refractivity contribution in [2.24, 2.45) is 0 Å². The van der Waals surface area contributed by atoms with E-state index in [4.69, 9.17) is 21.1 Å². The third-order valence-electron chi connectivity index (χ3n) is 2.30. The number of carbonyl (C=O) groups excluding carboxylic acids is 1. The molecule has 102 valence electrons. The zero-order valence-corrected chi connectivity index (χ0v) is 11.1. The first-order chi connectivity index (χ1) is 9.16. The summed E-state index contributed by atoms with van der Waals surface area (Å²) in [5.74, 6) is -0.285. The maximum absolute atomic E-state index is 10.5. The second-order valence-corrected chi connectivity index (χ2v) is 4.13. The number of rotatable bonds is 6. The normalized spacial score (nSPS) is 10.8. The third kappa shape index (κ3) is 3.87. The van der Waals surface area contributed by atoms with Crippen molar-refractivity contribution in [3.05, 3.63) is 17.8 Å². The molecule has 7 nitrogen and oxygen atoms in total. The number of carbonyl (C=O) groups is 1. The predicted molar refractivity (Wildman–Crippen MR) is 67.5 cm³/mol. The Morgan fingerprint density at radius 2 is 2.26 bits per heavy atom. The number of imidazole rings is 1. The van der Waals surface area contributed by atoms with Gasteiger partial charge in [-0.3, -0.25) is 9.36 Å². The van der Waals surface area contributed by atoms with E-state index in [-0.39, 0.29) is 11.3 Å². The zero-order chi connectivity index (χ0) is 13.7. The SMILES string of the molecule is CC(=O)OCCCOCn1cnc2cnc(Cl)nc21. The van der Waals surface area contributed by atoms with Crippen LogP contribution in [0.1, 0.15) is 13.3 Å². The van der Waals surface area contributed by atoms with E-state index in [0.717, 1.165) is 0 Å². The Morgan fingerprint density at radius 3 is 3.05 bits per heavy atom. The van der Waals surface area contributed by atoms with Crippen molar-refractivity contribution in [3.8, 4) is 0 Å². The Hall–Kier alpha value is -1.73. The standard InChI is InChI=1S/C11H13ClN4O3/c1-8(17)19-4-2-3-18-7-16-6-14-9-5-13-11(12)15-10(9)16/h5-6H,2-4,7H2,1H3. The second-order valence-electron chi connectivity index (χ2n) is 3.79. The van der Waals surface area contributed by atoms with Gasteiger partial charge in [0.05, 0.1) is 25.7 Å². The zero-order valence-electron chi connectivity index (χ0n) is 10.4. The summed E-state index contributed by atoms with van der Waals surface area (Å²) in [4.78, 5) is 22.6. The molecule has 0 atom stereocenters. The first-order valence-corrected chi connectivity index (χ1v) is 6.09. The monoisotopic (exact) mass is 284 g/mol. The number of nitrogens with zero attached hydrogens (tertiary/aromatic N) is 4. The molecule has 0 aliphatic carbocycles. The molecule has 0 aliphatic rings. The lowest BCUT2D eigenvalue weighted by molar-refractivity contribution is -0.141. The fourth-order valence-corrected chi connectivity index (χ4v) is 1.60. The van der Waals surface area contributed by atoms with E-state index in [2.05, 4.69) is 15.0 Å². The van der Waals surface area contributed by atoms with E-state index in [0.29, 0.717) is 37.5 Å². The second kappa shape index (κ2) is 6.44. The van der Waals surface area contributed by atoms with Crippen LogP contribution in [0.15, 0.2) is 12.5 Å². The van der Waals surface area contributed by atoms with Crippen molar-refractivity contribution in [2.45, 2.75) is 20.1 Å². The summed E-state index contributed by atoms with van der Waals surface area (Å²) >= 11 is 5.73. The van der Waals surface area contributed by atoms with Crippen LogP contribution in [0.4, 0.5) is 0 Å². The molecule has 0 amide bonds. The molecular formula is C11H13ClN4O3. The molecule has 0 spiro atoms. The summed E-state index contributed by atoms with van der Waals surface area (Å²) in [5.41, 5.74) is 1.29. The van der Waals surface area contributed by atoms with Gasteiger partial charge in [-0.25, -0.2) is 9.97 Å². The summed E-state index contributed by atoms with van der Waals surface area (Å²) in [6, 6.07) is 0. The van der Waals surface area contributed by atoms with Gasteiger partial charge < -0.3 is 9.47 Å². The molecule has 0 aliphatic heterocycles. The van der Waals surface area contributed by atoms with Gasteiger partial charge in [0.25, 0.3) is 0 Å². The van der Waals surface area contributed by atoms with Crippen molar-refractivity contribution in [3.63, 3.8) is 0 Å². The van der Waals surface area contributed by atoms with Crippen molar-refractivity contribution in [1.29, 1.82) is 0 Å². The van der Waals surface area contributed by atoms with Crippen LogP contribution in [0.5, 0.6) is 0 Å². The minimum Gasteiger partial charge on any atom is -0.466 e. The summed E-state index contributed by atoms with van der Waals surface area (Å²) in [7, 11) is 0. The summed E-state index contributed by atoms with van der Waals surface area (Å²) in [5, 5.41) is 0.170. The highest BCUT2D eigenvalue weighted by molar-refractivity contribution is 6.28. The van der Waals surface area contributed by atoms with E-state index in [1.807, 2.05) is 0 Å². The van der Waals surface area contributed by atoms with Crippen molar-refractivity contribution in [1.82, 2.24) is 19.5 Å². The molecule has 0 radical (unpaired) electrons. The van der Waals surface area contributed by atoms with Crippen molar-refractivity contribution >= 4 is 28.7 Å². The number of ether oxygens (including phenoxy) is 2. The van der Waals surface area contributed by atoms with Gasteiger partial charge in [-0.15, -0.1) is 0 Å². The molecular weight excluding hydrogens is 272 g/mol. The number of hydrogen-bond donors (Lipinski definition) is 0. The Kier molecular flexibility index (Phi) is 4.64. The predicted octanol–water partition coefficient (Wildman–Crippen LogP) is 1.41. The van der Waals surface area contributed by atoms with Gasteiger partial charge in [0.15, 0.2) is 5.65 Å². The number of halogens is 1. The van der Waals surface area contributed by atoms with Gasteiger partial charge in [0, 0.05) is 13.3 Å². The Balaban J connectivity index is 1.81. The molecule has 19 heavy (non-hydrogen) atoms. The number of esters is 1. The first-order valence-electron chi connectivity index (χ1n) is 5.71. The molecule has 2 aromatic rings. The van der Waals surface area contributed by atoms with Crippen molar-refractivity contribution < 1.29 is 14.3 Å². The number of hydrogen-bond acceptors (Lipinski definition) is 6. The quantitative estimate of drug-likeness (QED) is 0.453. The maximum atomic E-state index is 10.5. The summed E-state index contributed by atoms with van der Waals surface area (Å²) in [6.07, 6.45) is 3.81. The van der Waals surface area contributed by atoms with E-state index >= 15 is 0 Å². The van der Waals surface area contributed by atoms with Crippen LogP contribution in [0, 0.1) is 0 Å². The topological polar surface area (TPSA) is 79.1 Å². The van der Waals surface area contributed by atoms with Gasteiger partial charge in [0.1, 0.15) is 12.2 Å². The van der Waals surface area contributed by atoms with Crippen molar-refractivity contribution in [2.75, 3.05) is 13.2 Å². The Labute approximate surface area is 114 Å². The lowest BCUT2D eigenvalue weighted by Gasteiger charge is -2.06. The first kappa shape index (κ1) is 13.7. The van der Waals surface area contributed by atoms with E-state index in [1.54, 1.807) is 17.1 Å². The van der Waals surface area contributed by atoms with Gasteiger partial charge in [-0.1, -0.05) is 0 Å². The fourth-order valence-electron chi connectivity index (χ4n) is 1.47. The minimum absolute atomic E-state index is 0.170. The lowest BCUT2D eigenvalue weighted by Crippen LogP contribution is -2.07. The molecule has 8 heteroatoms. The highest BCUT2D eigenvalue weighted by atomic mass is 35.5. The molecule has 0 aromatic carbocycles. The summed E-state index contributed by atoms with van der Waals surface area (Å²) in [6.45, 7) is 2.52. The number of aromatic nitrogens is 4. The fraction of sp³-hybridized carbons (Fsp3) is 0.455. The van der Waals surface area contributed by atoms with E-state index < -0.39 is 0 Å². The van der Waals surface area contributed by atoms with E-state index in [1.165, 1.54) is 6.92 Å². The van der Waals surface area contributed by atoms with Crippen LogP contribution in [0.2, 0.25) is 5.28 Å². The summed E-state index contributed by atoms with van der Waals surface area (Å²) < 4.78 is 12.0. The highest BCUT2D eigenvalue weighted by Gasteiger charge is 2.05. The van der Waals surface area contributed by atoms with Crippen LogP contribution in [-0.4, -0.2) is 38.7 Å². The Bertz CT molecular complexity index is 572. The van der Waals surface area contributed by atoms with Gasteiger partial charge >= 0.3 is 5.97 Å². The van der Waals surface area contributed by atoms with Gasteiger partial charge in [0.2, 0.25) is 5.28 Å². The van der Waals surface area contributed by atoms with Crippen LogP contribution < -0.4 is 0 Å². The molecule has 2 rings (SSSR count). The molecule has 2 heterocycles. The highest BCUT2D eigenvalue weighted by Crippen LogP contribution is 2.11. The third-order valence-corrected chi connectivity index (χ3v) is 2.48. The van der Waals surface area contributed by atoms with Crippen LogP contribution >= 0.6 is 11.6 Å². The lowest BCUT2D eigenvalue weighted by atomic mass is 10.5. The molecule has 0 saturated heterocycles. The molecule has 0 saturated carbocycles. The van der Waals surface area contributed by atoms with Crippen LogP contribution in [-0.2, 0) is 21.0 Å². The minimum atomic E-state index is -0.285. The maximum Gasteiger partial charge on any atom is 0.302 e. The van der Waals surface area contributed by atoms with E-state index in [9.17, 15) is 4.79 Å². The Morgan fingerprint density at radius 1 is 1.42 bits per heavy atom.